The Labute approximate surface area is 119 Å². The molecule has 0 radical (unpaired) electrons. The van der Waals surface area contributed by atoms with E-state index in [0.29, 0.717) is 0 Å². The number of hydrogen-bond acceptors (Lipinski definition) is 2. The van der Waals surface area contributed by atoms with Crippen molar-refractivity contribution >= 4 is 15.9 Å². The maximum atomic E-state index is 5.14. The van der Waals surface area contributed by atoms with Gasteiger partial charge in [-0.15, -0.1) is 0 Å². The zero-order valence-corrected chi connectivity index (χ0v) is 13.4. The summed E-state index contributed by atoms with van der Waals surface area (Å²) >= 11 is 3.52. The Balaban J connectivity index is 2.39. The van der Waals surface area contributed by atoms with Crippen molar-refractivity contribution in [1.82, 2.24) is 5.32 Å². The first-order valence-electron chi connectivity index (χ1n) is 6.39. The van der Waals surface area contributed by atoms with Crippen LogP contribution in [0.5, 0.6) is 0 Å². The number of benzene rings is 1. The maximum absolute atomic E-state index is 5.14. The van der Waals surface area contributed by atoms with Crippen LogP contribution in [-0.2, 0) is 11.3 Å². The predicted octanol–water partition coefficient (Wildman–Crippen LogP) is 3.91. The normalized spacial score (nSPS) is 11.8. The van der Waals surface area contributed by atoms with Gasteiger partial charge in [-0.25, -0.2) is 0 Å². The van der Waals surface area contributed by atoms with Gasteiger partial charge in [0.2, 0.25) is 0 Å². The van der Waals surface area contributed by atoms with Crippen molar-refractivity contribution in [2.45, 2.75) is 33.7 Å². The Morgan fingerprint density at radius 1 is 1.33 bits per heavy atom. The minimum Gasteiger partial charge on any atom is -0.385 e. The Hall–Kier alpha value is -0.380. The van der Waals surface area contributed by atoms with Crippen molar-refractivity contribution in [3.8, 4) is 0 Å². The van der Waals surface area contributed by atoms with Crippen LogP contribution in [0.2, 0.25) is 0 Å². The van der Waals surface area contributed by atoms with E-state index in [1.54, 1.807) is 7.11 Å². The Bertz CT molecular complexity index is 377. The van der Waals surface area contributed by atoms with Crippen molar-refractivity contribution in [2.75, 3.05) is 20.3 Å². The molecule has 18 heavy (non-hydrogen) atoms. The highest BCUT2D eigenvalue weighted by molar-refractivity contribution is 9.10. The molecule has 0 spiro atoms. The largest absolute Gasteiger partial charge is 0.385 e. The molecule has 0 amide bonds. The molecule has 0 saturated heterocycles. The van der Waals surface area contributed by atoms with Crippen LogP contribution in [0.4, 0.5) is 0 Å². The summed E-state index contributed by atoms with van der Waals surface area (Å²) in [6.45, 7) is 9.41. The highest BCUT2D eigenvalue weighted by atomic mass is 79.9. The quantitative estimate of drug-likeness (QED) is 0.824. The smallest absolute Gasteiger partial charge is 0.0467 e. The van der Waals surface area contributed by atoms with E-state index in [1.807, 2.05) is 0 Å². The molecule has 1 aromatic carbocycles. The number of aryl methyl sites for hydroxylation is 1. The van der Waals surface area contributed by atoms with Crippen molar-refractivity contribution in [1.29, 1.82) is 0 Å². The second-order valence-corrected chi connectivity index (χ2v) is 6.45. The minimum atomic E-state index is 0.278. The molecule has 0 unspecified atom stereocenters. The minimum absolute atomic E-state index is 0.278. The predicted molar refractivity (Wildman–Crippen MR) is 80.9 cm³/mol. The van der Waals surface area contributed by atoms with Gasteiger partial charge in [-0.2, -0.15) is 0 Å². The van der Waals surface area contributed by atoms with E-state index in [4.69, 9.17) is 4.74 Å². The number of halogens is 1. The molecule has 1 N–H and O–H groups in total. The first-order chi connectivity index (χ1) is 8.44. The molecule has 3 heteroatoms. The van der Waals surface area contributed by atoms with Crippen molar-refractivity contribution in [3.05, 3.63) is 33.8 Å². The lowest BCUT2D eigenvalue weighted by Gasteiger charge is -2.24. The van der Waals surface area contributed by atoms with Gasteiger partial charge in [-0.1, -0.05) is 41.9 Å². The maximum Gasteiger partial charge on any atom is 0.0467 e. The molecule has 0 atom stereocenters. The first-order valence-corrected chi connectivity index (χ1v) is 7.18. The fraction of sp³-hybridized carbons (Fsp3) is 0.600. The number of hydrogen-bond donors (Lipinski definition) is 1. The molecule has 0 aliphatic heterocycles. The summed E-state index contributed by atoms with van der Waals surface area (Å²) in [4.78, 5) is 0. The van der Waals surface area contributed by atoms with Crippen LogP contribution in [-0.4, -0.2) is 20.3 Å². The van der Waals surface area contributed by atoms with Gasteiger partial charge in [-0.05, 0) is 36.0 Å². The van der Waals surface area contributed by atoms with Crippen LogP contribution >= 0.6 is 15.9 Å². The van der Waals surface area contributed by atoms with Crippen molar-refractivity contribution in [2.24, 2.45) is 5.41 Å². The third-order valence-electron chi connectivity index (χ3n) is 3.14. The van der Waals surface area contributed by atoms with Gasteiger partial charge in [0, 0.05) is 31.3 Å². The van der Waals surface area contributed by atoms with E-state index in [-0.39, 0.29) is 5.41 Å². The summed E-state index contributed by atoms with van der Waals surface area (Å²) in [6.07, 6.45) is 1.08. The van der Waals surface area contributed by atoms with Gasteiger partial charge in [0.25, 0.3) is 0 Å². The third-order valence-corrected chi connectivity index (χ3v) is 4.03. The molecular formula is C15H24BrNO. The standard InChI is InChI=1S/C15H24BrNO/c1-12-9-13(5-6-14(12)16)10-17-11-15(2,3)7-8-18-4/h5-6,9,17H,7-8,10-11H2,1-4H3. The zero-order valence-electron chi connectivity index (χ0n) is 11.8. The lowest BCUT2D eigenvalue weighted by atomic mass is 9.89. The van der Waals surface area contributed by atoms with Crippen LogP contribution in [0.25, 0.3) is 0 Å². The summed E-state index contributed by atoms with van der Waals surface area (Å²) in [5.74, 6) is 0. The molecule has 0 bridgehead atoms. The number of ether oxygens (including phenoxy) is 1. The van der Waals surface area contributed by atoms with E-state index < -0.39 is 0 Å². The van der Waals surface area contributed by atoms with Crippen LogP contribution in [0, 0.1) is 12.3 Å². The zero-order chi connectivity index (χ0) is 13.6. The summed E-state index contributed by atoms with van der Waals surface area (Å²) in [6, 6.07) is 6.49. The topological polar surface area (TPSA) is 21.3 Å². The first kappa shape index (κ1) is 15.7. The molecule has 0 aromatic heterocycles. The van der Waals surface area contributed by atoms with Gasteiger partial charge in [-0.3, -0.25) is 0 Å². The average Bonchev–Trinajstić information content (AvgIpc) is 2.31. The molecule has 0 fully saturated rings. The van der Waals surface area contributed by atoms with Gasteiger partial charge in [0.15, 0.2) is 0 Å². The SMILES string of the molecule is COCCC(C)(C)CNCc1ccc(Br)c(C)c1. The summed E-state index contributed by atoms with van der Waals surface area (Å²) in [5.41, 5.74) is 2.90. The molecule has 1 rings (SSSR count). The summed E-state index contributed by atoms with van der Waals surface area (Å²) < 4.78 is 6.31. The molecule has 1 aromatic rings. The molecule has 102 valence electrons. The number of rotatable bonds is 7. The molecule has 0 heterocycles. The average molecular weight is 314 g/mol. The van der Waals surface area contributed by atoms with Crippen LogP contribution in [0.15, 0.2) is 22.7 Å². The van der Waals surface area contributed by atoms with Crippen molar-refractivity contribution < 1.29 is 4.74 Å². The van der Waals surface area contributed by atoms with E-state index in [0.717, 1.165) is 26.1 Å². The molecule has 0 saturated carbocycles. The third kappa shape index (κ3) is 5.51. The Morgan fingerprint density at radius 2 is 2.06 bits per heavy atom. The number of methoxy groups -OCH3 is 1. The Kier molecular flexibility index (Phi) is 6.33. The van der Waals surface area contributed by atoms with Crippen LogP contribution in [0.3, 0.4) is 0 Å². The van der Waals surface area contributed by atoms with E-state index in [1.165, 1.54) is 15.6 Å². The Morgan fingerprint density at radius 3 is 2.67 bits per heavy atom. The lowest BCUT2D eigenvalue weighted by molar-refractivity contribution is 0.150. The van der Waals surface area contributed by atoms with Gasteiger partial charge in [0.05, 0.1) is 0 Å². The second-order valence-electron chi connectivity index (χ2n) is 5.59. The molecule has 0 aliphatic carbocycles. The van der Waals surface area contributed by atoms with E-state index >= 15 is 0 Å². The fourth-order valence-corrected chi connectivity index (χ4v) is 2.08. The number of nitrogens with one attached hydrogen (secondary N) is 1. The summed E-state index contributed by atoms with van der Waals surface area (Å²) in [7, 11) is 1.76. The lowest BCUT2D eigenvalue weighted by Crippen LogP contribution is -2.30. The molecular weight excluding hydrogens is 290 g/mol. The molecule has 2 nitrogen and oxygen atoms in total. The monoisotopic (exact) mass is 313 g/mol. The van der Waals surface area contributed by atoms with Gasteiger partial charge in [0.1, 0.15) is 0 Å². The highest BCUT2D eigenvalue weighted by Gasteiger charge is 2.16. The van der Waals surface area contributed by atoms with E-state index in [9.17, 15) is 0 Å². The van der Waals surface area contributed by atoms with Gasteiger partial charge < -0.3 is 10.1 Å². The molecule has 0 aliphatic rings. The fourth-order valence-electron chi connectivity index (χ4n) is 1.83. The van der Waals surface area contributed by atoms with Crippen molar-refractivity contribution in [3.63, 3.8) is 0 Å². The second kappa shape index (κ2) is 7.27. The summed E-state index contributed by atoms with van der Waals surface area (Å²) in [5, 5.41) is 3.53. The van der Waals surface area contributed by atoms with Crippen LogP contribution < -0.4 is 5.32 Å². The highest BCUT2D eigenvalue weighted by Crippen LogP contribution is 2.20. The van der Waals surface area contributed by atoms with E-state index in [2.05, 4.69) is 60.2 Å². The van der Waals surface area contributed by atoms with Gasteiger partial charge >= 0.3 is 0 Å². The van der Waals surface area contributed by atoms with Crippen LogP contribution in [0.1, 0.15) is 31.4 Å².